The second-order valence-corrected chi connectivity index (χ2v) is 7.92. The topological polar surface area (TPSA) is 49.4 Å². The van der Waals surface area contributed by atoms with Crippen LogP contribution < -0.4 is 5.32 Å². The minimum absolute atomic E-state index is 0.292. The van der Waals surface area contributed by atoms with Crippen LogP contribution in [0.2, 0.25) is 0 Å². The summed E-state index contributed by atoms with van der Waals surface area (Å²) in [6.07, 6.45) is 3.13. The van der Waals surface area contributed by atoms with Crippen molar-refractivity contribution in [2.24, 2.45) is 0 Å². The van der Waals surface area contributed by atoms with E-state index in [1.54, 1.807) is 0 Å². The quantitative estimate of drug-likeness (QED) is 0.809. The van der Waals surface area contributed by atoms with Gasteiger partial charge < -0.3 is 5.32 Å². The van der Waals surface area contributed by atoms with Gasteiger partial charge in [-0.1, -0.05) is 13.8 Å². The Labute approximate surface area is 105 Å². The molecule has 100 valence electrons. The summed E-state index contributed by atoms with van der Waals surface area (Å²) >= 11 is 0. The number of likely N-dealkylation sites (tertiary alicyclic amines) is 1. The van der Waals surface area contributed by atoms with E-state index in [0.29, 0.717) is 29.6 Å². The van der Waals surface area contributed by atoms with Gasteiger partial charge in [0, 0.05) is 18.1 Å². The molecule has 17 heavy (non-hydrogen) atoms. The van der Waals surface area contributed by atoms with E-state index in [9.17, 15) is 8.42 Å². The van der Waals surface area contributed by atoms with Crippen molar-refractivity contribution in [3.05, 3.63) is 0 Å². The first-order chi connectivity index (χ1) is 7.96. The van der Waals surface area contributed by atoms with Gasteiger partial charge in [-0.2, -0.15) is 0 Å². The molecule has 0 spiro atoms. The van der Waals surface area contributed by atoms with Crippen LogP contribution >= 0.6 is 0 Å². The van der Waals surface area contributed by atoms with Gasteiger partial charge in [0.2, 0.25) is 0 Å². The molecule has 1 atom stereocenters. The van der Waals surface area contributed by atoms with Gasteiger partial charge in [0.15, 0.2) is 9.84 Å². The van der Waals surface area contributed by atoms with Gasteiger partial charge in [0.25, 0.3) is 0 Å². The number of rotatable bonds is 3. The number of hydrogen-bond acceptors (Lipinski definition) is 4. The Morgan fingerprint density at radius 3 is 2.29 bits per heavy atom. The first-order valence-electron chi connectivity index (χ1n) is 6.67. The van der Waals surface area contributed by atoms with Crippen LogP contribution in [0.3, 0.4) is 0 Å². The van der Waals surface area contributed by atoms with Gasteiger partial charge in [-0.3, -0.25) is 4.90 Å². The van der Waals surface area contributed by atoms with Crippen molar-refractivity contribution in [3.63, 3.8) is 0 Å². The zero-order valence-corrected chi connectivity index (χ0v) is 11.7. The van der Waals surface area contributed by atoms with Gasteiger partial charge in [0.05, 0.1) is 11.5 Å². The lowest BCUT2D eigenvalue weighted by Crippen LogP contribution is -2.48. The van der Waals surface area contributed by atoms with E-state index in [4.69, 9.17) is 0 Å². The lowest BCUT2D eigenvalue weighted by atomic mass is 10.0. The zero-order chi connectivity index (χ0) is 12.5. The van der Waals surface area contributed by atoms with Crippen LogP contribution in [0, 0.1) is 0 Å². The fourth-order valence-electron chi connectivity index (χ4n) is 2.97. The van der Waals surface area contributed by atoms with Crippen LogP contribution in [0.1, 0.15) is 33.1 Å². The summed E-state index contributed by atoms with van der Waals surface area (Å²) in [6.45, 7) is 6.45. The van der Waals surface area contributed by atoms with Crippen LogP contribution in [-0.4, -0.2) is 56.0 Å². The average molecular weight is 260 g/mol. The summed E-state index contributed by atoms with van der Waals surface area (Å²) in [7, 11) is -2.73. The minimum Gasteiger partial charge on any atom is -0.312 e. The Morgan fingerprint density at radius 2 is 1.82 bits per heavy atom. The third-order valence-electron chi connectivity index (χ3n) is 3.82. The molecule has 0 amide bonds. The molecule has 2 rings (SSSR count). The normalized spacial score (nSPS) is 31.1. The molecular formula is C12H24N2O2S. The molecule has 0 aliphatic carbocycles. The molecule has 0 aromatic heterocycles. The van der Waals surface area contributed by atoms with Crippen molar-refractivity contribution in [3.8, 4) is 0 Å². The van der Waals surface area contributed by atoms with Crippen LogP contribution in [0.25, 0.3) is 0 Å². The molecule has 0 bridgehead atoms. The van der Waals surface area contributed by atoms with Crippen LogP contribution in [0.5, 0.6) is 0 Å². The van der Waals surface area contributed by atoms with Crippen molar-refractivity contribution in [2.75, 3.05) is 24.6 Å². The fourth-order valence-corrected chi connectivity index (χ4v) is 4.73. The van der Waals surface area contributed by atoms with Gasteiger partial charge in [-0.25, -0.2) is 8.42 Å². The Bertz CT molecular complexity index is 346. The van der Waals surface area contributed by atoms with Crippen molar-refractivity contribution >= 4 is 9.84 Å². The van der Waals surface area contributed by atoms with E-state index >= 15 is 0 Å². The summed E-state index contributed by atoms with van der Waals surface area (Å²) < 4.78 is 22.9. The van der Waals surface area contributed by atoms with Gasteiger partial charge >= 0.3 is 0 Å². The van der Waals surface area contributed by atoms with Gasteiger partial charge in [-0.15, -0.1) is 0 Å². The molecule has 1 unspecified atom stereocenters. The molecule has 0 saturated carbocycles. The maximum Gasteiger partial charge on any atom is 0.151 e. The standard InChI is InChI=1S/C12H24N2O2S/c1-10(2)13-11-3-6-14(7-4-11)12-5-8-17(15,16)9-12/h10-13H,3-9H2,1-2H3. The van der Waals surface area contributed by atoms with Crippen molar-refractivity contribution < 1.29 is 8.42 Å². The maximum absolute atomic E-state index is 11.5. The summed E-state index contributed by atoms with van der Waals surface area (Å²) in [5, 5.41) is 3.56. The Morgan fingerprint density at radius 1 is 1.18 bits per heavy atom. The number of piperidine rings is 1. The highest BCUT2D eigenvalue weighted by atomic mass is 32.2. The lowest BCUT2D eigenvalue weighted by Gasteiger charge is -2.36. The van der Waals surface area contributed by atoms with E-state index in [1.807, 2.05) is 0 Å². The predicted octanol–water partition coefficient (Wildman–Crippen LogP) is 0.636. The van der Waals surface area contributed by atoms with E-state index in [-0.39, 0.29) is 0 Å². The molecule has 2 saturated heterocycles. The highest BCUT2D eigenvalue weighted by Crippen LogP contribution is 2.21. The zero-order valence-electron chi connectivity index (χ0n) is 10.9. The van der Waals surface area contributed by atoms with Crippen molar-refractivity contribution in [1.29, 1.82) is 0 Å². The molecule has 2 fully saturated rings. The molecule has 2 heterocycles. The molecule has 0 radical (unpaired) electrons. The van der Waals surface area contributed by atoms with E-state index in [2.05, 4.69) is 24.1 Å². The summed E-state index contributed by atoms with van der Waals surface area (Å²) in [5.41, 5.74) is 0. The molecule has 1 N–H and O–H groups in total. The van der Waals surface area contributed by atoms with E-state index in [0.717, 1.165) is 32.4 Å². The summed E-state index contributed by atoms with van der Waals surface area (Å²) in [6, 6.07) is 1.45. The minimum atomic E-state index is -2.73. The second-order valence-electron chi connectivity index (χ2n) is 5.69. The average Bonchev–Trinajstić information content (AvgIpc) is 2.59. The highest BCUT2D eigenvalue weighted by molar-refractivity contribution is 7.91. The van der Waals surface area contributed by atoms with Crippen molar-refractivity contribution in [2.45, 2.75) is 51.2 Å². The fraction of sp³-hybridized carbons (Fsp3) is 1.00. The van der Waals surface area contributed by atoms with Crippen LogP contribution in [-0.2, 0) is 9.84 Å². The Hall–Kier alpha value is -0.130. The van der Waals surface area contributed by atoms with Crippen molar-refractivity contribution in [1.82, 2.24) is 10.2 Å². The third kappa shape index (κ3) is 3.66. The highest BCUT2D eigenvalue weighted by Gasteiger charge is 2.33. The number of nitrogens with one attached hydrogen (secondary N) is 1. The van der Waals surface area contributed by atoms with E-state index in [1.165, 1.54) is 0 Å². The third-order valence-corrected chi connectivity index (χ3v) is 5.57. The monoisotopic (exact) mass is 260 g/mol. The predicted molar refractivity (Wildman–Crippen MR) is 69.9 cm³/mol. The van der Waals surface area contributed by atoms with Crippen LogP contribution in [0.4, 0.5) is 0 Å². The number of hydrogen-bond donors (Lipinski definition) is 1. The van der Waals surface area contributed by atoms with E-state index < -0.39 is 9.84 Å². The van der Waals surface area contributed by atoms with Crippen LogP contribution in [0.15, 0.2) is 0 Å². The largest absolute Gasteiger partial charge is 0.312 e. The molecule has 4 nitrogen and oxygen atoms in total. The molecule has 5 heteroatoms. The molecule has 2 aliphatic heterocycles. The second kappa shape index (κ2) is 5.24. The molecule has 0 aromatic rings. The summed E-state index contributed by atoms with van der Waals surface area (Å²) in [5.74, 6) is 0.775. The Kier molecular flexibility index (Phi) is 4.10. The van der Waals surface area contributed by atoms with Gasteiger partial charge in [0.1, 0.15) is 0 Å². The number of nitrogens with zero attached hydrogens (tertiary/aromatic N) is 1. The smallest absolute Gasteiger partial charge is 0.151 e. The SMILES string of the molecule is CC(C)NC1CCN(C2CCS(=O)(=O)C2)CC1. The molecule has 0 aromatic carbocycles. The molecule has 2 aliphatic rings. The molecular weight excluding hydrogens is 236 g/mol. The summed E-state index contributed by atoms with van der Waals surface area (Å²) in [4.78, 5) is 2.38. The maximum atomic E-state index is 11.5. The first-order valence-corrected chi connectivity index (χ1v) is 8.49. The lowest BCUT2D eigenvalue weighted by molar-refractivity contribution is 0.152. The Balaban J connectivity index is 1.80. The number of sulfone groups is 1. The van der Waals surface area contributed by atoms with Gasteiger partial charge in [-0.05, 0) is 32.4 Å². The first kappa shape index (κ1) is 13.3.